The molecular formula is C68H48N4. The highest BCUT2D eigenvalue weighted by Crippen LogP contribution is 2.59. The van der Waals surface area contributed by atoms with E-state index in [1.165, 1.54) is 27.6 Å². The van der Waals surface area contributed by atoms with Crippen molar-refractivity contribution in [3.8, 4) is 50.2 Å². The third-order valence-corrected chi connectivity index (χ3v) is 13.9. The monoisotopic (exact) mass is 920 g/mol. The van der Waals surface area contributed by atoms with Crippen LogP contribution in [0.5, 0.6) is 0 Å². The van der Waals surface area contributed by atoms with Gasteiger partial charge in [-0.05, 0) is 136 Å². The van der Waals surface area contributed by atoms with E-state index < -0.39 is 0 Å². The molecule has 72 heavy (non-hydrogen) atoms. The van der Waals surface area contributed by atoms with Crippen LogP contribution in [-0.2, 0) is 0 Å². The molecule has 0 amide bonds. The summed E-state index contributed by atoms with van der Waals surface area (Å²) in [5.74, 6) is 1.09. The zero-order valence-corrected chi connectivity index (χ0v) is 39.5. The van der Waals surface area contributed by atoms with Gasteiger partial charge in [0.2, 0.25) is 0 Å². The molecule has 0 fully saturated rings. The average molecular weight is 921 g/mol. The molecule has 0 saturated heterocycles. The van der Waals surface area contributed by atoms with Gasteiger partial charge in [-0.3, -0.25) is 9.47 Å². The number of para-hydroxylation sites is 5. The second kappa shape index (κ2) is 18.4. The summed E-state index contributed by atoms with van der Waals surface area (Å²) in [6.07, 6.45) is 0. The minimum atomic E-state index is 1.09. The van der Waals surface area contributed by atoms with Crippen molar-refractivity contribution in [1.82, 2.24) is 4.57 Å². The number of fused-ring (bicyclic) bond motifs is 4. The molecule has 1 aliphatic rings. The van der Waals surface area contributed by atoms with Gasteiger partial charge in [0.15, 0.2) is 0 Å². The zero-order chi connectivity index (χ0) is 47.8. The first-order valence-electron chi connectivity index (χ1n) is 24.6. The Bertz CT molecular complexity index is 3830. The summed E-state index contributed by atoms with van der Waals surface area (Å²) in [5, 5.41) is 1.18. The molecule has 11 aromatic carbocycles. The molecule has 1 aromatic heterocycles. The van der Waals surface area contributed by atoms with Gasteiger partial charge < -0.3 is 9.80 Å². The number of nitrogens with zero attached hydrogens (tertiary/aromatic N) is 4. The van der Waals surface area contributed by atoms with E-state index in [1.807, 2.05) is 0 Å². The lowest BCUT2D eigenvalue weighted by Gasteiger charge is -2.40. The third-order valence-electron chi connectivity index (χ3n) is 13.9. The molecule has 0 aliphatic carbocycles. The Hall–Kier alpha value is -9.64. The number of hydrogen-bond acceptors (Lipinski definition) is 3. The lowest BCUT2D eigenvalue weighted by Crippen LogP contribution is -2.25. The second-order valence-electron chi connectivity index (χ2n) is 18.2. The highest BCUT2D eigenvalue weighted by molar-refractivity contribution is 6.13. The van der Waals surface area contributed by atoms with Gasteiger partial charge in [0.1, 0.15) is 5.82 Å². The Morgan fingerprint density at radius 3 is 1.35 bits per heavy atom. The van der Waals surface area contributed by atoms with Crippen molar-refractivity contribution >= 4 is 62.2 Å². The first-order chi connectivity index (χ1) is 35.7. The number of aromatic nitrogens is 1. The molecule has 0 spiro atoms. The van der Waals surface area contributed by atoms with E-state index in [-0.39, 0.29) is 0 Å². The lowest BCUT2D eigenvalue weighted by atomic mass is 9.94. The smallest absolute Gasteiger partial charge is 0.148 e. The van der Waals surface area contributed by atoms with Gasteiger partial charge in [-0.15, -0.1) is 0 Å². The van der Waals surface area contributed by atoms with Crippen molar-refractivity contribution in [3.05, 3.63) is 291 Å². The second-order valence-corrected chi connectivity index (χ2v) is 18.2. The van der Waals surface area contributed by atoms with Crippen LogP contribution in [0.1, 0.15) is 0 Å². The summed E-state index contributed by atoms with van der Waals surface area (Å²) in [6.45, 7) is 0. The summed E-state index contributed by atoms with van der Waals surface area (Å²) < 4.78 is 2.42. The quantitative estimate of drug-likeness (QED) is 0.136. The topological polar surface area (TPSA) is 14.7 Å². The Balaban J connectivity index is 0.882. The molecule has 0 N–H and O–H groups in total. The van der Waals surface area contributed by atoms with Crippen LogP contribution < -0.4 is 14.7 Å². The summed E-state index contributed by atoms with van der Waals surface area (Å²) in [4.78, 5) is 7.25. The highest BCUT2D eigenvalue weighted by Gasteiger charge is 2.36. The van der Waals surface area contributed by atoms with Gasteiger partial charge >= 0.3 is 0 Å². The van der Waals surface area contributed by atoms with Crippen LogP contribution in [0, 0.1) is 0 Å². The predicted octanol–water partition coefficient (Wildman–Crippen LogP) is 19.0. The van der Waals surface area contributed by atoms with Crippen LogP contribution in [-0.4, -0.2) is 4.57 Å². The van der Waals surface area contributed by atoms with Gasteiger partial charge in [0.25, 0.3) is 0 Å². The van der Waals surface area contributed by atoms with Crippen LogP contribution in [0.2, 0.25) is 0 Å². The fourth-order valence-corrected chi connectivity index (χ4v) is 10.6. The number of hydrogen-bond donors (Lipinski definition) is 0. The summed E-state index contributed by atoms with van der Waals surface area (Å²) in [6, 6.07) is 105. The fourth-order valence-electron chi connectivity index (χ4n) is 10.6. The minimum Gasteiger partial charge on any atom is -0.310 e. The first kappa shape index (κ1) is 42.5. The first-order valence-corrected chi connectivity index (χ1v) is 24.6. The van der Waals surface area contributed by atoms with Crippen LogP contribution in [0.25, 0.3) is 61.1 Å². The van der Waals surface area contributed by atoms with Crippen molar-refractivity contribution in [2.75, 3.05) is 14.7 Å². The summed E-state index contributed by atoms with van der Waals surface area (Å²) in [7, 11) is 0. The average Bonchev–Trinajstić information content (AvgIpc) is 3.80. The van der Waals surface area contributed by atoms with E-state index in [9.17, 15) is 0 Å². The van der Waals surface area contributed by atoms with Gasteiger partial charge in [-0.1, -0.05) is 200 Å². The summed E-state index contributed by atoms with van der Waals surface area (Å²) >= 11 is 0. The lowest BCUT2D eigenvalue weighted by molar-refractivity contribution is 1.05. The van der Waals surface area contributed by atoms with E-state index in [0.717, 1.165) is 84.8 Å². The molecule has 12 aromatic rings. The van der Waals surface area contributed by atoms with Crippen LogP contribution >= 0.6 is 0 Å². The molecule has 4 nitrogen and oxygen atoms in total. The fraction of sp³-hybridized carbons (Fsp3) is 0. The molecule has 0 saturated carbocycles. The molecule has 340 valence electrons. The predicted molar refractivity (Wildman–Crippen MR) is 303 cm³/mol. The molecule has 0 bridgehead atoms. The highest BCUT2D eigenvalue weighted by atomic mass is 15.3. The van der Waals surface area contributed by atoms with Crippen molar-refractivity contribution in [2.45, 2.75) is 0 Å². The van der Waals surface area contributed by atoms with Crippen LogP contribution in [0.3, 0.4) is 0 Å². The van der Waals surface area contributed by atoms with E-state index in [2.05, 4.69) is 310 Å². The van der Waals surface area contributed by atoms with Crippen molar-refractivity contribution in [2.24, 2.45) is 0 Å². The normalized spacial score (nSPS) is 11.8. The zero-order valence-electron chi connectivity index (χ0n) is 39.5. The molecule has 4 heteroatoms. The van der Waals surface area contributed by atoms with E-state index >= 15 is 0 Å². The number of anilines is 9. The Kier molecular flexibility index (Phi) is 10.8. The van der Waals surface area contributed by atoms with Gasteiger partial charge in [-0.25, -0.2) is 0 Å². The maximum Gasteiger partial charge on any atom is 0.148 e. The Morgan fingerprint density at radius 1 is 0.264 bits per heavy atom. The molecule has 0 unspecified atom stereocenters. The Morgan fingerprint density at radius 2 is 0.708 bits per heavy atom. The van der Waals surface area contributed by atoms with E-state index in [4.69, 9.17) is 0 Å². The SMILES string of the molecule is c1ccc(-c2ccccc2-c2ccc(N(c3ccccc3)c3cccc(-c4ccc(-c5ccc6c(c5)N(c5ccccc5)c5c(c7ccccc7n5-c5ccccc5)N6c5ccccc5)cc4)c3)cc2)cc1. The van der Waals surface area contributed by atoms with Crippen molar-refractivity contribution in [1.29, 1.82) is 0 Å². The molecule has 13 rings (SSSR count). The molecule has 2 heterocycles. The Labute approximate surface area is 420 Å². The summed E-state index contributed by atoms with van der Waals surface area (Å²) in [5.41, 5.74) is 20.5. The van der Waals surface area contributed by atoms with E-state index in [0.29, 0.717) is 0 Å². The van der Waals surface area contributed by atoms with Gasteiger partial charge in [-0.2, -0.15) is 0 Å². The molecular weight excluding hydrogens is 873 g/mol. The van der Waals surface area contributed by atoms with E-state index in [1.54, 1.807) is 0 Å². The number of benzene rings is 11. The third kappa shape index (κ3) is 7.59. The molecule has 0 atom stereocenters. The van der Waals surface area contributed by atoms with Crippen molar-refractivity contribution in [3.63, 3.8) is 0 Å². The van der Waals surface area contributed by atoms with Gasteiger partial charge in [0, 0.05) is 39.5 Å². The largest absolute Gasteiger partial charge is 0.310 e. The molecule has 0 radical (unpaired) electrons. The number of rotatable bonds is 10. The standard InChI is InChI=1S/C68H48N4/c1-6-21-51(22-7-1)61-33-16-17-34-62(61)52-41-44-59(45-42-52)69(55-24-8-2-9-25-55)60-32-20-23-53(47-60)49-37-39-50(40-38-49)54-43-46-65-66(48-54)72(58-30-14-5-15-31-58)68-67(70(65)56-26-10-3-11-27-56)63-35-18-19-36-64(63)71(68)57-28-12-4-13-29-57/h1-48H. The maximum absolute atomic E-state index is 2.45. The maximum atomic E-state index is 2.45. The molecule has 1 aliphatic heterocycles. The van der Waals surface area contributed by atoms with Gasteiger partial charge in [0.05, 0.1) is 22.6 Å². The van der Waals surface area contributed by atoms with Crippen LogP contribution in [0.4, 0.5) is 51.3 Å². The van der Waals surface area contributed by atoms with Crippen molar-refractivity contribution < 1.29 is 0 Å². The van der Waals surface area contributed by atoms with Crippen LogP contribution in [0.15, 0.2) is 291 Å². The minimum absolute atomic E-state index is 1.09.